The number of rotatable bonds is 5. The Hall–Kier alpha value is -1.81. The van der Waals surface area contributed by atoms with Gasteiger partial charge in [-0.05, 0) is 43.5 Å². The quantitative estimate of drug-likeness (QED) is 0.864. The molecule has 1 aromatic carbocycles. The molecule has 0 saturated carbocycles. The van der Waals surface area contributed by atoms with Gasteiger partial charge < -0.3 is 15.4 Å². The molecule has 0 saturated heterocycles. The summed E-state index contributed by atoms with van der Waals surface area (Å²) in [6.07, 6.45) is 3.08. The van der Waals surface area contributed by atoms with Crippen LogP contribution in [0.1, 0.15) is 17.5 Å². The van der Waals surface area contributed by atoms with Crippen LogP contribution in [-0.2, 0) is 18.3 Å². The maximum absolute atomic E-state index is 11.3. The molecule has 0 aliphatic carbocycles. The number of nitrogens with two attached hydrogens (primary N) is 1. The summed E-state index contributed by atoms with van der Waals surface area (Å²) in [5.74, 6) is -1.17. The van der Waals surface area contributed by atoms with Crippen LogP contribution < -0.4 is 5.73 Å². The summed E-state index contributed by atoms with van der Waals surface area (Å²) in [6.45, 7) is 2.46. The molecule has 4 heteroatoms. The molecule has 2 aromatic rings. The molecule has 0 aliphatic rings. The van der Waals surface area contributed by atoms with Gasteiger partial charge in [-0.2, -0.15) is 0 Å². The number of hydrogen-bond acceptors (Lipinski definition) is 2. The largest absolute Gasteiger partial charge is 0.481 e. The summed E-state index contributed by atoms with van der Waals surface area (Å²) in [6, 6.07) is 6.14. The third kappa shape index (κ3) is 2.63. The van der Waals surface area contributed by atoms with Gasteiger partial charge in [0.2, 0.25) is 0 Å². The van der Waals surface area contributed by atoms with Crippen molar-refractivity contribution in [3.05, 3.63) is 35.5 Å². The first kappa shape index (κ1) is 13.6. The van der Waals surface area contributed by atoms with Crippen molar-refractivity contribution in [3.8, 4) is 0 Å². The zero-order valence-electron chi connectivity index (χ0n) is 11.4. The van der Waals surface area contributed by atoms with E-state index in [0.29, 0.717) is 19.4 Å². The Bertz CT molecular complexity index is 601. The van der Waals surface area contributed by atoms with E-state index in [-0.39, 0.29) is 0 Å². The molecule has 0 radical (unpaired) electrons. The normalized spacial score (nSPS) is 12.8. The summed E-state index contributed by atoms with van der Waals surface area (Å²) in [7, 11) is 1.99. The lowest BCUT2D eigenvalue weighted by Crippen LogP contribution is -2.20. The van der Waals surface area contributed by atoms with Crippen molar-refractivity contribution in [2.45, 2.75) is 19.8 Å². The van der Waals surface area contributed by atoms with Crippen LogP contribution in [0.3, 0.4) is 0 Å². The lowest BCUT2D eigenvalue weighted by Gasteiger charge is -2.10. The van der Waals surface area contributed by atoms with Crippen LogP contribution in [0.25, 0.3) is 10.9 Å². The van der Waals surface area contributed by atoms with Crippen molar-refractivity contribution in [2.75, 3.05) is 6.54 Å². The number of nitrogens with zero attached hydrogens (tertiary/aromatic N) is 1. The smallest absolute Gasteiger partial charge is 0.306 e. The minimum atomic E-state index is -0.768. The van der Waals surface area contributed by atoms with E-state index in [4.69, 9.17) is 5.73 Å². The highest BCUT2D eigenvalue weighted by molar-refractivity contribution is 5.87. The number of aryl methyl sites for hydroxylation is 2. The molecular formula is C15H20N2O2. The van der Waals surface area contributed by atoms with Crippen LogP contribution in [0.15, 0.2) is 24.4 Å². The third-order valence-corrected chi connectivity index (χ3v) is 3.63. The third-order valence-electron chi connectivity index (χ3n) is 3.63. The molecule has 0 fully saturated rings. The first-order valence-electron chi connectivity index (χ1n) is 6.51. The van der Waals surface area contributed by atoms with Crippen molar-refractivity contribution < 1.29 is 9.90 Å². The van der Waals surface area contributed by atoms with Gasteiger partial charge in [0.15, 0.2) is 0 Å². The Morgan fingerprint density at radius 1 is 1.47 bits per heavy atom. The molecule has 3 N–H and O–H groups in total. The van der Waals surface area contributed by atoms with Crippen LogP contribution in [0.5, 0.6) is 0 Å². The summed E-state index contributed by atoms with van der Waals surface area (Å²) in [5.41, 5.74) is 8.92. The van der Waals surface area contributed by atoms with Gasteiger partial charge in [-0.15, -0.1) is 0 Å². The van der Waals surface area contributed by atoms with Gasteiger partial charge in [0.1, 0.15) is 0 Å². The minimum absolute atomic E-state index is 0.403. The highest BCUT2D eigenvalue weighted by atomic mass is 16.4. The van der Waals surface area contributed by atoms with Gasteiger partial charge in [0.25, 0.3) is 0 Å². The van der Waals surface area contributed by atoms with Crippen LogP contribution in [0.4, 0.5) is 0 Å². The second kappa shape index (κ2) is 5.45. The van der Waals surface area contributed by atoms with Crippen LogP contribution in [0.2, 0.25) is 0 Å². The molecule has 0 amide bonds. The minimum Gasteiger partial charge on any atom is -0.481 e. The van der Waals surface area contributed by atoms with E-state index in [1.807, 2.05) is 19.3 Å². The Morgan fingerprint density at radius 2 is 2.21 bits per heavy atom. The van der Waals surface area contributed by atoms with E-state index < -0.39 is 11.9 Å². The molecule has 1 aromatic heterocycles. The fourth-order valence-corrected chi connectivity index (χ4v) is 2.67. The van der Waals surface area contributed by atoms with E-state index in [1.54, 1.807) is 0 Å². The van der Waals surface area contributed by atoms with Crippen LogP contribution in [-0.4, -0.2) is 22.2 Å². The number of carboxylic acid groups (broad SMARTS) is 1. The standard InChI is InChI=1S/C15H20N2O2/c1-10-4-3-5-13-14(10)12(9-17(13)2)8-11(6-7-16)15(18)19/h3-5,9,11H,6-8,16H2,1-2H3,(H,18,19). The number of benzene rings is 1. The van der Waals surface area contributed by atoms with E-state index in [0.717, 1.165) is 11.1 Å². The fourth-order valence-electron chi connectivity index (χ4n) is 2.67. The second-order valence-corrected chi connectivity index (χ2v) is 5.05. The summed E-state index contributed by atoms with van der Waals surface area (Å²) in [4.78, 5) is 11.3. The van der Waals surface area contributed by atoms with Gasteiger partial charge in [-0.1, -0.05) is 12.1 Å². The van der Waals surface area contributed by atoms with Gasteiger partial charge in [0, 0.05) is 24.1 Å². The molecule has 2 rings (SSSR count). The zero-order valence-corrected chi connectivity index (χ0v) is 11.4. The molecule has 0 bridgehead atoms. The average molecular weight is 260 g/mol. The monoisotopic (exact) mass is 260 g/mol. The van der Waals surface area contributed by atoms with Crippen molar-refractivity contribution >= 4 is 16.9 Å². The van der Waals surface area contributed by atoms with Crippen molar-refractivity contribution in [1.82, 2.24) is 4.57 Å². The van der Waals surface area contributed by atoms with E-state index in [2.05, 4.69) is 23.6 Å². The molecule has 19 heavy (non-hydrogen) atoms. The van der Waals surface area contributed by atoms with Crippen molar-refractivity contribution in [3.63, 3.8) is 0 Å². The maximum atomic E-state index is 11.3. The van der Waals surface area contributed by atoms with Gasteiger partial charge in [-0.3, -0.25) is 4.79 Å². The van der Waals surface area contributed by atoms with Crippen molar-refractivity contribution in [1.29, 1.82) is 0 Å². The molecule has 1 heterocycles. The number of fused-ring (bicyclic) bond motifs is 1. The van der Waals surface area contributed by atoms with Crippen LogP contribution in [0, 0.1) is 12.8 Å². The lowest BCUT2D eigenvalue weighted by molar-refractivity contribution is -0.141. The number of hydrogen-bond donors (Lipinski definition) is 2. The predicted octanol–water partition coefficient (Wildman–Crippen LogP) is 2.08. The number of aromatic nitrogens is 1. The number of carbonyl (C=O) groups is 1. The SMILES string of the molecule is Cc1cccc2c1c(CC(CCN)C(=O)O)cn2C. The molecule has 102 valence electrons. The molecule has 1 unspecified atom stereocenters. The Labute approximate surface area is 112 Å². The number of aliphatic carboxylic acids is 1. The van der Waals surface area contributed by atoms with E-state index in [1.165, 1.54) is 10.9 Å². The Balaban J connectivity index is 2.42. The van der Waals surface area contributed by atoms with E-state index >= 15 is 0 Å². The highest BCUT2D eigenvalue weighted by Crippen LogP contribution is 2.27. The summed E-state index contributed by atoms with van der Waals surface area (Å²) in [5, 5.41) is 10.4. The lowest BCUT2D eigenvalue weighted by atomic mass is 9.95. The average Bonchev–Trinajstić information content (AvgIpc) is 2.67. The van der Waals surface area contributed by atoms with Crippen LogP contribution >= 0.6 is 0 Å². The van der Waals surface area contributed by atoms with Gasteiger partial charge in [-0.25, -0.2) is 0 Å². The molecule has 0 aliphatic heterocycles. The number of carboxylic acids is 1. The highest BCUT2D eigenvalue weighted by Gasteiger charge is 2.20. The summed E-state index contributed by atoms with van der Waals surface area (Å²) >= 11 is 0. The molecule has 4 nitrogen and oxygen atoms in total. The van der Waals surface area contributed by atoms with E-state index in [9.17, 15) is 9.90 Å². The first-order valence-corrected chi connectivity index (χ1v) is 6.51. The Kier molecular flexibility index (Phi) is 3.90. The summed E-state index contributed by atoms with van der Waals surface area (Å²) < 4.78 is 2.05. The zero-order chi connectivity index (χ0) is 14.0. The maximum Gasteiger partial charge on any atom is 0.306 e. The molecule has 1 atom stereocenters. The predicted molar refractivity (Wildman–Crippen MR) is 76.2 cm³/mol. The fraction of sp³-hybridized carbons (Fsp3) is 0.400. The second-order valence-electron chi connectivity index (χ2n) is 5.05. The van der Waals surface area contributed by atoms with Gasteiger partial charge >= 0.3 is 5.97 Å². The Morgan fingerprint density at radius 3 is 2.84 bits per heavy atom. The van der Waals surface area contributed by atoms with Crippen molar-refractivity contribution in [2.24, 2.45) is 18.7 Å². The topological polar surface area (TPSA) is 68.2 Å². The first-order chi connectivity index (χ1) is 9.04. The van der Waals surface area contributed by atoms with Gasteiger partial charge in [0.05, 0.1) is 5.92 Å². The molecular weight excluding hydrogens is 240 g/mol. The molecule has 0 spiro atoms.